The van der Waals surface area contributed by atoms with Gasteiger partial charge in [-0.15, -0.1) is 0 Å². The molecule has 0 radical (unpaired) electrons. The first-order valence-electron chi connectivity index (χ1n) is 6.81. The van der Waals surface area contributed by atoms with Crippen molar-refractivity contribution in [2.75, 3.05) is 44.2 Å². The van der Waals surface area contributed by atoms with E-state index in [1.165, 1.54) is 0 Å². The third kappa shape index (κ3) is 3.83. The van der Waals surface area contributed by atoms with Gasteiger partial charge in [0.1, 0.15) is 0 Å². The average molecular weight is 284 g/mol. The number of nitrogens with zero attached hydrogens (tertiary/aromatic N) is 2. The van der Waals surface area contributed by atoms with Crippen LogP contribution in [0.25, 0.3) is 0 Å². The van der Waals surface area contributed by atoms with Crippen LogP contribution in [-0.2, 0) is 6.54 Å². The second-order valence-corrected chi connectivity index (χ2v) is 5.32. The maximum Gasteiger partial charge on any atom is 0.0558 e. The fourth-order valence-electron chi connectivity index (χ4n) is 2.58. The van der Waals surface area contributed by atoms with Crippen LogP contribution in [-0.4, -0.2) is 49.3 Å². The Morgan fingerprint density at radius 1 is 1.21 bits per heavy atom. The van der Waals surface area contributed by atoms with Crippen molar-refractivity contribution in [2.24, 2.45) is 5.73 Å². The molecule has 106 valence electrons. The summed E-state index contributed by atoms with van der Waals surface area (Å²) in [5.74, 6) is 0. The quantitative estimate of drug-likeness (QED) is 0.875. The highest BCUT2D eigenvalue weighted by atomic mass is 35.5. The first-order valence-corrected chi connectivity index (χ1v) is 7.19. The second-order valence-electron chi connectivity index (χ2n) is 4.88. The van der Waals surface area contributed by atoms with E-state index in [9.17, 15) is 0 Å². The summed E-state index contributed by atoms with van der Waals surface area (Å²) >= 11 is 6.10. The summed E-state index contributed by atoms with van der Waals surface area (Å²) in [6, 6.07) is 5.91. The molecule has 19 heavy (non-hydrogen) atoms. The SMILES string of the molecule is NCc1ccc(Cl)cc1N1CCCN(CCO)CC1. The van der Waals surface area contributed by atoms with Gasteiger partial charge < -0.3 is 15.7 Å². The highest BCUT2D eigenvalue weighted by Gasteiger charge is 2.16. The smallest absolute Gasteiger partial charge is 0.0558 e. The van der Waals surface area contributed by atoms with E-state index in [0.717, 1.165) is 55.4 Å². The normalized spacial score (nSPS) is 17.5. The van der Waals surface area contributed by atoms with Crippen LogP contribution in [0.4, 0.5) is 5.69 Å². The molecule has 1 aliphatic rings. The van der Waals surface area contributed by atoms with Gasteiger partial charge in [-0.3, -0.25) is 4.90 Å². The van der Waals surface area contributed by atoms with Crippen LogP contribution in [0.2, 0.25) is 5.02 Å². The summed E-state index contributed by atoms with van der Waals surface area (Å²) in [4.78, 5) is 4.65. The average Bonchev–Trinajstić information content (AvgIpc) is 2.65. The lowest BCUT2D eigenvalue weighted by atomic mass is 10.1. The maximum absolute atomic E-state index is 9.02. The zero-order chi connectivity index (χ0) is 13.7. The highest BCUT2D eigenvalue weighted by Crippen LogP contribution is 2.25. The Morgan fingerprint density at radius 2 is 2.05 bits per heavy atom. The molecule has 0 saturated carbocycles. The molecular weight excluding hydrogens is 262 g/mol. The van der Waals surface area contributed by atoms with Gasteiger partial charge >= 0.3 is 0 Å². The Kier molecular flexibility index (Phi) is 5.45. The van der Waals surface area contributed by atoms with Crippen LogP contribution in [0.15, 0.2) is 18.2 Å². The fraction of sp³-hybridized carbons (Fsp3) is 0.571. The van der Waals surface area contributed by atoms with Gasteiger partial charge in [-0.05, 0) is 30.7 Å². The summed E-state index contributed by atoms with van der Waals surface area (Å²) in [5, 5.41) is 9.78. The third-order valence-electron chi connectivity index (χ3n) is 3.61. The Morgan fingerprint density at radius 3 is 2.79 bits per heavy atom. The van der Waals surface area contributed by atoms with Crippen molar-refractivity contribution in [3.8, 4) is 0 Å². The molecule has 1 aromatic carbocycles. The molecule has 4 nitrogen and oxygen atoms in total. The Bertz CT molecular complexity index is 414. The van der Waals surface area contributed by atoms with Gasteiger partial charge in [-0.2, -0.15) is 0 Å². The molecule has 0 spiro atoms. The molecule has 0 atom stereocenters. The molecule has 0 unspecified atom stereocenters. The van der Waals surface area contributed by atoms with Crippen LogP contribution >= 0.6 is 11.6 Å². The van der Waals surface area contributed by atoms with Crippen molar-refractivity contribution in [1.82, 2.24) is 4.90 Å². The zero-order valence-corrected chi connectivity index (χ0v) is 11.9. The molecule has 2 rings (SSSR count). The summed E-state index contributed by atoms with van der Waals surface area (Å²) in [6.07, 6.45) is 1.09. The van der Waals surface area contributed by atoms with Crippen LogP contribution < -0.4 is 10.6 Å². The van der Waals surface area contributed by atoms with E-state index in [2.05, 4.69) is 9.80 Å². The molecule has 0 bridgehead atoms. The number of rotatable bonds is 4. The number of benzene rings is 1. The predicted octanol–water partition coefficient (Wildman–Crippen LogP) is 1.30. The van der Waals surface area contributed by atoms with E-state index < -0.39 is 0 Å². The van der Waals surface area contributed by atoms with E-state index in [0.29, 0.717) is 6.54 Å². The second kappa shape index (κ2) is 7.10. The maximum atomic E-state index is 9.02. The van der Waals surface area contributed by atoms with Gasteiger partial charge in [0.15, 0.2) is 0 Å². The van der Waals surface area contributed by atoms with Crippen LogP contribution in [0.1, 0.15) is 12.0 Å². The molecule has 0 aromatic heterocycles. The lowest BCUT2D eigenvalue weighted by Crippen LogP contribution is -2.32. The van der Waals surface area contributed by atoms with Crippen LogP contribution in [0.5, 0.6) is 0 Å². The van der Waals surface area contributed by atoms with Gasteiger partial charge in [-0.1, -0.05) is 17.7 Å². The monoisotopic (exact) mass is 283 g/mol. The number of nitrogens with two attached hydrogens (primary N) is 1. The van der Waals surface area contributed by atoms with Crippen LogP contribution in [0, 0.1) is 0 Å². The number of anilines is 1. The molecule has 3 N–H and O–H groups in total. The van der Waals surface area contributed by atoms with Crippen molar-refractivity contribution in [1.29, 1.82) is 0 Å². The molecule has 1 heterocycles. The standard InChI is InChI=1S/C14H22ClN3O/c15-13-3-2-12(11-16)14(10-13)18-5-1-4-17(6-7-18)8-9-19/h2-3,10,19H,1,4-9,11,16H2. The van der Waals surface area contributed by atoms with E-state index in [1.54, 1.807) is 0 Å². The van der Waals surface area contributed by atoms with Crippen LogP contribution in [0.3, 0.4) is 0 Å². The molecule has 1 aliphatic heterocycles. The van der Waals surface area contributed by atoms with Gasteiger partial charge in [0.25, 0.3) is 0 Å². The number of aliphatic hydroxyl groups is 1. The number of hydrogen-bond donors (Lipinski definition) is 2. The van der Waals surface area contributed by atoms with Crippen molar-refractivity contribution in [3.05, 3.63) is 28.8 Å². The lowest BCUT2D eigenvalue weighted by molar-refractivity contribution is 0.204. The number of β-amino-alcohol motifs (C(OH)–C–C–N with tert-alkyl or cyclic N) is 1. The topological polar surface area (TPSA) is 52.7 Å². The molecule has 1 saturated heterocycles. The Labute approximate surface area is 119 Å². The van der Waals surface area contributed by atoms with Crippen molar-refractivity contribution < 1.29 is 5.11 Å². The van der Waals surface area contributed by atoms with E-state index in [1.807, 2.05) is 18.2 Å². The van der Waals surface area contributed by atoms with Gasteiger partial charge in [0.05, 0.1) is 6.61 Å². The highest BCUT2D eigenvalue weighted by molar-refractivity contribution is 6.30. The predicted molar refractivity (Wildman–Crippen MR) is 79.7 cm³/mol. The minimum atomic E-state index is 0.227. The molecule has 1 fully saturated rings. The Balaban J connectivity index is 2.11. The first kappa shape index (κ1) is 14.6. The van der Waals surface area contributed by atoms with Gasteiger partial charge in [0.2, 0.25) is 0 Å². The largest absolute Gasteiger partial charge is 0.395 e. The minimum Gasteiger partial charge on any atom is -0.395 e. The first-order chi connectivity index (χ1) is 9.24. The molecular formula is C14H22ClN3O. The number of hydrogen-bond acceptors (Lipinski definition) is 4. The number of halogens is 1. The van der Waals surface area contributed by atoms with Gasteiger partial charge in [-0.25, -0.2) is 0 Å². The summed E-state index contributed by atoms with van der Waals surface area (Å²) in [7, 11) is 0. The van der Waals surface area contributed by atoms with Crippen molar-refractivity contribution in [3.63, 3.8) is 0 Å². The minimum absolute atomic E-state index is 0.227. The summed E-state index contributed by atoms with van der Waals surface area (Å²) < 4.78 is 0. The Hall–Kier alpha value is -0.810. The lowest BCUT2D eigenvalue weighted by Gasteiger charge is -2.26. The van der Waals surface area contributed by atoms with E-state index in [-0.39, 0.29) is 6.61 Å². The summed E-state index contributed by atoms with van der Waals surface area (Å²) in [6.45, 7) is 5.48. The van der Waals surface area contributed by atoms with E-state index >= 15 is 0 Å². The van der Waals surface area contributed by atoms with Crippen molar-refractivity contribution in [2.45, 2.75) is 13.0 Å². The number of aliphatic hydroxyl groups excluding tert-OH is 1. The zero-order valence-electron chi connectivity index (χ0n) is 11.2. The van der Waals surface area contributed by atoms with Crippen molar-refractivity contribution >= 4 is 17.3 Å². The molecule has 0 aliphatic carbocycles. The third-order valence-corrected chi connectivity index (χ3v) is 3.85. The fourth-order valence-corrected chi connectivity index (χ4v) is 2.75. The van der Waals surface area contributed by atoms with Gasteiger partial charge in [0, 0.05) is 43.4 Å². The molecule has 1 aromatic rings. The molecule has 5 heteroatoms. The van der Waals surface area contributed by atoms with E-state index in [4.69, 9.17) is 22.4 Å². The summed E-state index contributed by atoms with van der Waals surface area (Å²) in [5.41, 5.74) is 8.10. The molecule has 0 amide bonds.